The molecule has 0 radical (unpaired) electrons. The van der Waals surface area contributed by atoms with Crippen LogP contribution in [0.5, 0.6) is 5.75 Å². The molecule has 0 spiro atoms. The molecule has 0 aliphatic rings. The van der Waals surface area contributed by atoms with Crippen molar-refractivity contribution in [1.82, 2.24) is 4.98 Å². The molecule has 1 aromatic heterocycles. The molecule has 0 saturated heterocycles. The first-order valence-electron chi connectivity index (χ1n) is 11.3. The number of carbonyl (C=O) groups is 2. The van der Waals surface area contributed by atoms with Crippen molar-refractivity contribution >= 4 is 57.9 Å². The Balaban J connectivity index is 1.72. The summed E-state index contributed by atoms with van der Waals surface area (Å²) in [5.74, 6) is -0.301. The number of benzene rings is 2. The normalized spacial score (nSPS) is 11.9. The number of ketones is 1. The maximum absolute atomic E-state index is 13.0. The monoisotopic (exact) mass is 567 g/mol. The van der Waals surface area contributed by atoms with Crippen molar-refractivity contribution in [2.45, 2.75) is 65.6 Å². The molecule has 192 valence electrons. The lowest BCUT2D eigenvalue weighted by Crippen LogP contribution is -2.43. The molecule has 0 aliphatic heterocycles. The predicted octanol–water partition coefficient (Wildman–Crippen LogP) is 8.39. The second kappa shape index (κ2) is 11.1. The lowest BCUT2D eigenvalue weighted by Gasteiger charge is -2.29. The molecule has 0 atom stereocenters. The molecule has 36 heavy (non-hydrogen) atoms. The number of aryl methyl sites for hydroxylation is 2. The van der Waals surface area contributed by atoms with Gasteiger partial charge in [0.15, 0.2) is 11.4 Å². The molecule has 0 N–H and O–H groups in total. The van der Waals surface area contributed by atoms with Crippen LogP contribution < -0.4 is 4.74 Å². The minimum absolute atomic E-state index is 0.0399. The van der Waals surface area contributed by atoms with E-state index in [0.29, 0.717) is 32.6 Å². The summed E-state index contributed by atoms with van der Waals surface area (Å²) in [5, 5.41) is 1.74. The summed E-state index contributed by atoms with van der Waals surface area (Å²) in [7, 11) is 0. The van der Waals surface area contributed by atoms with E-state index in [0.717, 1.165) is 5.56 Å². The number of aromatic nitrogens is 1. The Morgan fingerprint density at radius 2 is 1.64 bits per heavy atom. The maximum Gasteiger partial charge on any atom is 0.350 e. The third-order valence-corrected chi connectivity index (χ3v) is 7.62. The largest absolute Gasteiger partial charge is 0.475 e. The molecule has 5 nitrogen and oxygen atoms in total. The second-order valence-electron chi connectivity index (χ2n) is 9.80. The Morgan fingerprint density at radius 1 is 0.972 bits per heavy atom. The SMILES string of the molecule is Cc1nc(-c2ccccc2Cl)sc1C(=O)CCc1ccc(OC(C)(C)C(=O)OC(C)(C)C)c(Cl)c1Cl. The highest BCUT2D eigenvalue weighted by atomic mass is 35.5. The van der Waals surface area contributed by atoms with E-state index in [9.17, 15) is 9.59 Å². The Morgan fingerprint density at radius 3 is 2.28 bits per heavy atom. The van der Waals surface area contributed by atoms with E-state index in [1.165, 1.54) is 11.3 Å². The van der Waals surface area contributed by atoms with Crippen molar-refractivity contribution < 1.29 is 19.1 Å². The summed E-state index contributed by atoms with van der Waals surface area (Å²) < 4.78 is 11.3. The lowest BCUT2D eigenvalue weighted by atomic mass is 10.1. The van der Waals surface area contributed by atoms with E-state index in [4.69, 9.17) is 44.3 Å². The van der Waals surface area contributed by atoms with Crippen LogP contribution in [0.1, 0.15) is 62.0 Å². The second-order valence-corrected chi connectivity index (χ2v) is 12.0. The van der Waals surface area contributed by atoms with Crippen LogP contribution in [-0.2, 0) is 16.0 Å². The molecule has 0 saturated carbocycles. The van der Waals surface area contributed by atoms with Crippen LogP contribution in [-0.4, -0.2) is 27.9 Å². The van der Waals surface area contributed by atoms with Crippen molar-refractivity contribution in [2.75, 3.05) is 0 Å². The number of hydrogen-bond donors (Lipinski definition) is 0. The van der Waals surface area contributed by atoms with Gasteiger partial charge in [0.05, 0.1) is 20.6 Å². The fourth-order valence-corrected chi connectivity index (χ4v) is 5.16. The smallest absolute Gasteiger partial charge is 0.350 e. The van der Waals surface area contributed by atoms with Gasteiger partial charge < -0.3 is 9.47 Å². The zero-order chi connectivity index (χ0) is 26.8. The Hall–Kier alpha value is -2.12. The van der Waals surface area contributed by atoms with Crippen molar-refractivity contribution in [3.63, 3.8) is 0 Å². The quantitative estimate of drug-likeness (QED) is 0.202. The van der Waals surface area contributed by atoms with E-state index in [-0.39, 0.29) is 28.0 Å². The summed E-state index contributed by atoms with van der Waals surface area (Å²) >= 11 is 20.6. The first-order chi connectivity index (χ1) is 16.7. The highest BCUT2D eigenvalue weighted by Crippen LogP contribution is 2.38. The molecule has 1 heterocycles. The van der Waals surface area contributed by atoms with Crippen LogP contribution >= 0.6 is 46.1 Å². The summed E-state index contributed by atoms with van der Waals surface area (Å²) in [5.41, 5.74) is 0.232. The molecule has 0 unspecified atom stereocenters. The van der Waals surface area contributed by atoms with Gasteiger partial charge in [-0.25, -0.2) is 9.78 Å². The highest BCUT2D eigenvalue weighted by molar-refractivity contribution is 7.17. The molecule has 2 aromatic carbocycles. The molecule has 3 aromatic rings. The maximum atomic E-state index is 13.0. The molecule has 0 aliphatic carbocycles. The minimum atomic E-state index is -1.28. The Labute approximate surface area is 230 Å². The number of thiazole rings is 1. The van der Waals surface area contributed by atoms with Gasteiger partial charge in [-0.1, -0.05) is 59.1 Å². The number of rotatable bonds is 8. The zero-order valence-corrected chi connectivity index (χ0v) is 24.1. The van der Waals surface area contributed by atoms with Gasteiger partial charge in [0.1, 0.15) is 21.4 Å². The Kier molecular flexibility index (Phi) is 8.77. The fourth-order valence-electron chi connectivity index (χ4n) is 3.33. The average molecular weight is 569 g/mol. The number of carbonyl (C=O) groups excluding carboxylic acids is 2. The topological polar surface area (TPSA) is 65.5 Å². The van der Waals surface area contributed by atoms with Gasteiger partial charge >= 0.3 is 5.97 Å². The van der Waals surface area contributed by atoms with Crippen molar-refractivity contribution in [3.8, 4) is 16.3 Å². The summed E-state index contributed by atoms with van der Waals surface area (Å²) in [4.78, 5) is 30.7. The number of halogens is 3. The van der Waals surface area contributed by atoms with E-state index in [1.54, 1.807) is 52.8 Å². The minimum Gasteiger partial charge on any atom is -0.475 e. The van der Waals surface area contributed by atoms with Gasteiger partial charge in [-0.05, 0) is 65.7 Å². The van der Waals surface area contributed by atoms with Crippen molar-refractivity contribution in [1.29, 1.82) is 0 Å². The Bertz CT molecular complexity index is 1290. The third-order valence-electron chi connectivity index (χ3n) is 5.16. The van der Waals surface area contributed by atoms with Gasteiger partial charge in [-0.2, -0.15) is 0 Å². The van der Waals surface area contributed by atoms with E-state index < -0.39 is 17.2 Å². The van der Waals surface area contributed by atoms with Crippen LogP contribution in [0, 0.1) is 6.92 Å². The molecule has 0 fully saturated rings. The number of nitrogens with zero attached hydrogens (tertiary/aromatic N) is 1. The van der Waals surface area contributed by atoms with E-state index >= 15 is 0 Å². The first-order valence-corrected chi connectivity index (χ1v) is 13.3. The predicted molar refractivity (Wildman–Crippen MR) is 147 cm³/mol. The molecule has 0 bridgehead atoms. The fraction of sp³-hybridized carbons (Fsp3) is 0.370. The van der Waals surface area contributed by atoms with Crippen LogP contribution in [0.3, 0.4) is 0 Å². The van der Waals surface area contributed by atoms with E-state index in [2.05, 4.69) is 4.98 Å². The van der Waals surface area contributed by atoms with Gasteiger partial charge in [-0.15, -0.1) is 11.3 Å². The average Bonchev–Trinajstić information content (AvgIpc) is 3.16. The van der Waals surface area contributed by atoms with E-state index in [1.807, 2.05) is 25.1 Å². The van der Waals surface area contributed by atoms with Crippen molar-refractivity contribution in [2.24, 2.45) is 0 Å². The standard InChI is InChI=1S/C27H28Cl3NO4S/c1-15-23(36-24(31-15)17-9-7-8-10-18(17)28)19(32)13-11-16-12-14-20(22(30)21(16)29)34-27(5,6)25(33)35-26(2,3)4/h7-10,12,14H,11,13H2,1-6H3. The summed E-state index contributed by atoms with van der Waals surface area (Å²) in [6, 6.07) is 10.8. The highest BCUT2D eigenvalue weighted by Gasteiger charge is 2.35. The lowest BCUT2D eigenvalue weighted by molar-refractivity contribution is -0.170. The van der Waals surface area contributed by atoms with Gasteiger partial charge in [0.25, 0.3) is 0 Å². The number of esters is 1. The van der Waals surface area contributed by atoms with Gasteiger partial charge in [0.2, 0.25) is 0 Å². The van der Waals surface area contributed by atoms with Gasteiger partial charge in [-0.3, -0.25) is 4.79 Å². The van der Waals surface area contributed by atoms with Crippen LogP contribution in [0.2, 0.25) is 15.1 Å². The summed E-state index contributed by atoms with van der Waals surface area (Å²) in [6.07, 6.45) is 0.608. The first kappa shape index (κ1) is 28.5. The number of hydrogen-bond acceptors (Lipinski definition) is 6. The molecule has 0 amide bonds. The zero-order valence-electron chi connectivity index (χ0n) is 21.0. The summed E-state index contributed by atoms with van der Waals surface area (Å²) in [6.45, 7) is 10.4. The third kappa shape index (κ3) is 6.80. The van der Waals surface area contributed by atoms with Gasteiger partial charge in [0, 0.05) is 12.0 Å². The molecule has 9 heteroatoms. The van der Waals surface area contributed by atoms with Crippen molar-refractivity contribution in [3.05, 3.63) is 67.6 Å². The molecular formula is C27H28Cl3NO4S. The van der Waals surface area contributed by atoms with Crippen LogP contribution in [0.15, 0.2) is 36.4 Å². The number of Topliss-reactive ketones (excluding diaryl/α,β-unsaturated/α-hetero) is 1. The molecular weight excluding hydrogens is 541 g/mol. The molecule has 3 rings (SSSR count). The van der Waals surface area contributed by atoms with Crippen LogP contribution in [0.25, 0.3) is 10.6 Å². The van der Waals surface area contributed by atoms with Crippen LogP contribution in [0.4, 0.5) is 0 Å². The number of ether oxygens (including phenoxy) is 2.